The van der Waals surface area contributed by atoms with E-state index in [0.29, 0.717) is 30.2 Å². The lowest BCUT2D eigenvalue weighted by Gasteiger charge is -2.13. The number of H-pyrrole nitrogens is 1. The summed E-state index contributed by atoms with van der Waals surface area (Å²) in [5.74, 6) is 6.44. The Bertz CT molecular complexity index is 724. The number of hydrogen-bond acceptors (Lipinski definition) is 5. The number of hydrogen-bond donors (Lipinski definition) is 2. The molecule has 8 heteroatoms. The first kappa shape index (κ1) is 11.0. The maximum atomic E-state index is 11.9. The summed E-state index contributed by atoms with van der Waals surface area (Å²) in [5.41, 5.74) is -0.105. The van der Waals surface area contributed by atoms with Crippen molar-refractivity contribution in [3.05, 3.63) is 20.8 Å². The molecule has 0 saturated carbocycles. The molecule has 0 spiro atoms. The Labute approximate surface area is 102 Å². The topological polar surface area (TPSA) is 102 Å². The van der Waals surface area contributed by atoms with Crippen LogP contribution in [0.3, 0.4) is 0 Å². The number of aromatic nitrogens is 4. The molecule has 8 nitrogen and oxygen atoms in total. The summed E-state index contributed by atoms with van der Waals surface area (Å²) in [6, 6.07) is 0. The molecule has 2 aromatic heterocycles. The number of nitrogens with one attached hydrogen (secondary N) is 1. The van der Waals surface area contributed by atoms with Gasteiger partial charge in [0.05, 0.1) is 0 Å². The van der Waals surface area contributed by atoms with Gasteiger partial charge in [-0.25, -0.2) is 10.6 Å². The summed E-state index contributed by atoms with van der Waals surface area (Å²) < 4.78 is 3.10. The predicted octanol–water partition coefficient (Wildman–Crippen LogP) is -1.10. The average molecular weight is 250 g/mol. The average Bonchev–Trinajstić information content (AvgIpc) is 2.63. The van der Waals surface area contributed by atoms with Crippen molar-refractivity contribution < 1.29 is 0 Å². The van der Waals surface area contributed by atoms with Crippen LogP contribution in [0.5, 0.6) is 0 Å². The van der Waals surface area contributed by atoms with E-state index in [-0.39, 0.29) is 0 Å². The molecule has 0 aliphatic carbocycles. The molecule has 0 aromatic carbocycles. The summed E-state index contributed by atoms with van der Waals surface area (Å²) >= 11 is 0. The summed E-state index contributed by atoms with van der Waals surface area (Å²) in [4.78, 5) is 30.1. The number of aryl methyl sites for hydroxylation is 2. The van der Waals surface area contributed by atoms with E-state index in [0.717, 1.165) is 12.8 Å². The second kappa shape index (κ2) is 3.70. The molecule has 1 aliphatic rings. The zero-order valence-electron chi connectivity index (χ0n) is 10.0. The molecule has 96 valence electrons. The Morgan fingerprint density at radius 1 is 1.28 bits per heavy atom. The molecule has 3 N–H and O–H groups in total. The normalized spacial score (nSPS) is 15.8. The first-order valence-electron chi connectivity index (χ1n) is 5.81. The molecule has 0 unspecified atom stereocenters. The van der Waals surface area contributed by atoms with E-state index < -0.39 is 11.2 Å². The summed E-state index contributed by atoms with van der Waals surface area (Å²) in [6.45, 7) is 1.37. The summed E-state index contributed by atoms with van der Waals surface area (Å²) in [6.07, 6.45) is 1.87. The second-order valence-corrected chi connectivity index (χ2v) is 4.45. The van der Waals surface area contributed by atoms with Crippen molar-refractivity contribution in [3.8, 4) is 0 Å². The molecule has 3 heterocycles. The Morgan fingerprint density at radius 3 is 2.78 bits per heavy atom. The molecule has 2 aromatic rings. The number of nitrogens with zero attached hydrogens (tertiary/aromatic N) is 4. The van der Waals surface area contributed by atoms with E-state index in [2.05, 4.69) is 9.97 Å². The zero-order valence-corrected chi connectivity index (χ0v) is 10.0. The molecule has 0 fully saturated rings. The highest BCUT2D eigenvalue weighted by molar-refractivity contribution is 5.74. The minimum atomic E-state index is -0.468. The van der Waals surface area contributed by atoms with Gasteiger partial charge in [0.1, 0.15) is 0 Å². The van der Waals surface area contributed by atoms with Gasteiger partial charge >= 0.3 is 5.69 Å². The van der Waals surface area contributed by atoms with Gasteiger partial charge in [-0.1, -0.05) is 0 Å². The smallest absolute Gasteiger partial charge is 0.303 e. The zero-order chi connectivity index (χ0) is 12.9. The molecule has 0 saturated heterocycles. The van der Waals surface area contributed by atoms with E-state index in [1.165, 1.54) is 9.58 Å². The van der Waals surface area contributed by atoms with Crippen LogP contribution in [0.15, 0.2) is 9.59 Å². The van der Waals surface area contributed by atoms with Crippen LogP contribution >= 0.6 is 0 Å². The summed E-state index contributed by atoms with van der Waals surface area (Å²) in [5, 5.41) is 1.52. The number of aromatic amines is 1. The van der Waals surface area contributed by atoms with Crippen molar-refractivity contribution in [2.45, 2.75) is 19.4 Å². The van der Waals surface area contributed by atoms with Crippen molar-refractivity contribution in [3.63, 3.8) is 0 Å². The number of hydrazine groups is 1. The van der Waals surface area contributed by atoms with Crippen LogP contribution in [-0.2, 0) is 13.6 Å². The number of imidazole rings is 1. The van der Waals surface area contributed by atoms with Crippen molar-refractivity contribution in [2.75, 3.05) is 11.6 Å². The number of rotatable bonds is 0. The molecule has 18 heavy (non-hydrogen) atoms. The lowest BCUT2D eigenvalue weighted by molar-refractivity contribution is 0.663. The quantitative estimate of drug-likeness (QED) is 0.578. The molecule has 1 aliphatic heterocycles. The standard InChI is InChI=1S/C10H14N6O2/c1-14-7-6(8(17)13-10(14)18)15-4-2-3-5-16(11)9(15)12-7/h2-5,11H2,1H3,(H,13,17,18). The minimum Gasteiger partial charge on any atom is -0.303 e. The minimum absolute atomic E-state index is 0.371. The Kier molecular flexibility index (Phi) is 2.27. The van der Waals surface area contributed by atoms with Crippen molar-refractivity contribution in [2.24, 2.45) is 12.9 Å². The van der Waals surface area contributed by atoms with Crippen LogP contribution in [-0.4, -0.2) is 25.6 Å². The van der Waals surface area contributed by atoms with Gasteiger partial charge in [0.2, 0.25) is 5.95 Å². The van der Waals surface area contributed by atoms with Crippen LogP contribution in [0, 0.1) is 0 Å². The fraction of sp³-hybridized carbons (Fsp3) is 0.500. The number of anilines is 1. The third kappa shape index (κ3) is 1.39. The van der Waals surface area contributed by atoms with E-state index >= 15 is 0 Å². The Balaban J connectivity index is 2.44. The van der Waals surface area contributed by atoms with Crippen LogP contribution in [0.1, 0.15) is 12.8 Å². The maximum Gasteiger partial charge on any atom is 0.329 e. The third-order valence-electron chi connectivity index (χ3n) is 3.27. The lowest BCUT2D eigenvalue weighted by Crippen LogP contribution is -2.33. The van der Waals surface area contributed by atoms with Crippen LogP contribution in [0.4, 0.5) is 5.95 Å². The Morgan fingerprint density at radius 2 is 2.00 bits per heavy atom. The fourth-order valence-electron chi connectivity index (χ4n) is 2.31. The molecule has 0 bridgehead atoms. The van der Waals surface area contributed by atoms with Gasteiger partial charge in [-0.05, 0) is 12.8 Å². The van der Waals surface area contributed by atoms with Crippen LogP contribution in [0.2, 0.25) is 0 Å². The molecule has 0 atom stereocenters. The molecule has 0 amide bonds. The maximum absolute atomic E-state index is 11.9. The highest BCUT2D eigenvalue weighted by Crippen LogP contribution is 2.21. The largest absolute Gasteiger partial charge is 0.329 e. The highest BCUT2D eigenvalue weighted by atomic mass is 16.2. The number of nitrogens with two attached hydrogens (primary N) is 1. The van der Waals surface area contributed by atoms with Gasteiger partial charge in [0.25, 0.3) is 5.56 Å². The monoisotopic (exact) mass is 250 g/mol. The van der Waals surface area contributed by atoms with Crippen molar-refractivity contribution in [1.82, 2.24) is 19.1 Å². The number of fused-ring (bicyclic) bond motifs is 3. The van der Waals surface area contributed by atoms with Gasteiger partial charge in [-0.3, -0.25) is 19.4 Å². The molecule has 0 radical (unpaired) electrons. The van der Waals surface area contributed by atoms with Gasteiger partial charge in [-0.2, -0.15) is 4.98 Å². The fourth-order valence-corrected chi connectivity index (χ4v) is 2.31. The van der Waals surface area contributed by atoms with E-state index in [1.807, 2.05) is 0 Å². The summed E-state index contributed by atoms with van der Waals surface area (Å²) in [7, 11) is 1.58. The third-order valence-corrected chi connectivity index (χ3v) is 3.27. The first-order chi connectivity index (χ1) is 8.59. The van der Waals surface area contributed by atoms with E-state index in [9.17, 15) is 9.59 Å². The highest BCUT2D eigenvalue weighted by Gasteiger charge is 2.21. The molecular formula is C10H14N6O2. The van der Waals surface area contributed by atoms with Crippen molar-refractivity contribution >= 4 is 17.1 Å². The SMILES string of the molecule is Cn1c(=O)[nH]c(=O)c2c1nc1n2CCCCN1N. The molecule has 3 rings (SSSR count). The van der Waals surface area contributed by atoms with Gasteiger partial charge in [0, 0.05) is 20.1 Å². The van der Waals surface area contributed by atoms with Gasteiger partial charge in [-0.15, -0.1) is 0 Å². The Hall–Kier alpha value is -2.09. The first-order valence-corrected chi connectivity index (χ1v) is 5.81. The van der Waals surface area contributed by atoms with Gasteiger partial charge in [0.15, 0.2) is 11.2 Å². The predicted molar refractivity (Wildman–Crippen MR) is 66.4 cm³/mol. The lowest BCUT2D eigenvalue weighted by atomic mass is 10.3. The molecular weight excluding hydrogens is 236 g/mol. The van der Waals surface area contributed by atoms with Gasteiger partial charge < -0.3 is 4.57 Å². The van der Waals surface area contributed by atoms with Crippen LogP contribution in [0.25, 0.3) is 11.2 Å². The second-order valence-electron chi connectivity index (χ2n) is 4.45. The van der Waals surface area contributed by atoms with E-state index in [1.54, 1.807) is 11.6 Å². The van der Waals surface area contributed by atoms with E-state index in [4.69, 9.17) is 5.84 Å². The van der Waals surface area contributed by atoms with Crippen molar-refractivity contribution in [1.29, 1.82) is 0 Å². The van der Waals surface area contributed by atoms with Crippen LogP contribution < -0.4 is 22.1 Å².